The number of ether oxygens (including phenoxy) is 1. The van der Waals surface area contributed by atoms with Crippen molar-refractivity contribution in [1.82, 2.24) is 0 Å². The Hall–Kier alpha value is -2.37. The van der Waals surface area contributed by atoms with E-state index < -0.39 is 5.82 Å². The first kappa shape index (κ1) is 19.4. The molecule has 0 spiro atoms. The number of rotatable bonds is 5. The van der Waals surface area contributed by atoms with E-state index in [1.807, 2.05) is 19.2 Å². The van der Waals surface area contributed by atoms with Crippen molar-refractivity contribution in [2.75, 3.05) is 5.32 Å². The van der Waals surface area contributed by atoms with Crippen molar-refractivity contribution in [1.29, 1.82) is 0 Å². The van der Waals surface area contributed by atoms with Crippen molar-refractivity contribution in [3.05, 3.63) is 79.7 Å². The van der Waals surface area contributed by atoms with Crippen LogP contribution in [0.4, 0.5) is 10.1 Å². The lowest BCUT2D eigenvalue weighted by Gasteiger charge is -2.12. The lowest BCUT2D eigenvalue weighted by Crippen LogP contribution is -2.10. The molecule has 1 amide bonds. The van der Waals surface area contributed by atoms with Gasteiger partial charge < -0.3 is 10.1 Å². The quantitative estimate of drug-likeness (QED) is 0.543. The third-order valence-corrected chi connectivity index (χ3v) is 5.31. The zero-order chi connectivity index (χ0) is 19.6. The van der Waals surface area contributed by atoms with Gasteiger partial charge in [0.2, 0.25) is 0 Å². The number of hydrogen-bond acceptors (Lipinski definition) is 3. The predicted molar refractivity (Wildman–Crippen MR) is 109 cm³/mol. The van der Waals surface area contributed by atoms with Gasteiger partial charge in [-0.1, -0.05) is 29.3 Å². The van der Waals surface area contributed by atoms with Crippen molar-refractivity contribution in [2.24, 2.45) is 0 Å². The Balaban J connectivity index is 1.66. The number of benzene rings is 2. The molecule has 0 saturated heterocycles. The molecule has 0 aliphatic heterocycles. The smallest absolute Gasteiger partial charge is 0.265 e. The molecular formula is C21H19ClFNO2S. The fraction of sp³-hybridized carbons (Fsp3) is 0.190. The maximum absolute atomic E-state index is 13.2. The van der Waals surface area contributed by atoms with Gasteiger partial charge in [-0.3, -0.25) is 4.79 Å². The second kappa shape index (κ2) is 8.11. The summed E-state index contributed by atoms with van der Waals surface area (Å²) in [5.41, 5.74) is 4.75. The van der Waals surface area contributed by atoms with Crippen molar-refractivity contribution in [2.45, 2.75) is 27.4 Å². The number of hydrogen-bond donors (Lipinski definition) is 1. The summed E-state index contributed by atoms with van der Waals surface area (Å²) in [6.07, 6.45) is 0. The van der Waals surface area contributed by atoms with Gasteiger partial charge in [-0.25, -0.2) is 4.39 Å². The first-order valence-electron chi connectivity index (χ1n) is 8.38. The largest absolute Gasteiger partial charge is 0.488 e. The van der Waals surface area contributed by atoms with E-state index >= 15 is 0 Å². The summed E-state index contributed by atoms with van der Waals surface area (Å²) in [5, 5.41) is 4.58. The molecular weight excluding hydrogens is 385 g/mol. The first-order chi connectivity index (χ1) is 12.8. The molecule has 27 heavy (non-hydrogen) atoms. The SMILES string of the molecule is Cc1cc(C)c(OCc2csc(C(=O)Nc3ccc(F)c(Cl)c3)c2)c(C)c1. The number of carbonyl (C=O) groups is 1. The van der Waals surface area contributed by atoms with Gasteiger partial charge in [-0.15, -0.1) is 11.3 Å². The van der Waals surface area contributed by atoms with E-state index in [1.54, 1.807) is 6.07 Å². The summed E-state index contributed by atoms with van der Waals surface area (Å²) < 4.78 is 19.2. The van der Waals surface area contributed by atoms with Crippen LogP contribution in [0.2, 0.25) is 5.02 Å². The zero-order valence-electron chi connectivity index (χ0n) is 15.2. The second-order valence-electron chi connectivity index (χ2n) is 6.42. The molecule has 1 N–H and O–H groups in total. The van der Waals surface area contributed by atoms with Crippen LogP contribution in [0.3, 0.4) is 0 Å². The van der Waals surface area contributed by atoms with Gasteiger partial charge in [-0.2, -0.15) is 0 Å². The van der Waals surface area contributed by atoms with Gasteiger partial charge in [0.25, 0.3) is 5.91 Å². The topological polar surface area (TPSA) is 38.3 Å². The minimum Gasteiger partial charge on any atom is -0.488 e. The molecule has 0 bridgehead atoms. The second-order valence-corrected chi connectivity index (χ2v) is 7.74. The Morgan fingerprint density at radius 3 is 2.52 bits per heavy atom. The zero-order valence-corrected chi connectivity index (χ0v) is 16.8. The van der Waals surface area contributed by atoms with Crippen LogP contribution in [0.15, 0.2) is 41.8 Å². The molecule has 0 atom stereocenters. The average Bonchev–Trinajstić information content (AvgIpc) is 3.06. The van der Waals surface area contributed by atoms with E-state index in [1.165, 1.54) is 35.1 Å². The summed E-state index contributed by atoms with van der Waals surface area (Å²) in [6.45, 7) is 6.49. The number of amides is 1. The standard InChI is InChI=1S/C21H19ClFNO2S/c1-12-6-13(2)20(14(3)7-12)26-10-15-8-19(27-11-15)21(25)24-16-4-5-18(23)17(22)9-16/h4-9,11H,10H2,1-3H3,(H,24,25). The van der Waals surface area contributed by atoms with Crippen LogP contribution in [0, 0.1) is 26.6 Å². The number of thiophene rings is 1. The maximum atomic E-state index is 13.2. The Kier molecular flexibility index (Phi) is 5.82. The number of anilines is 1. The van der Waals surface area contributed by atoms with Crippen LogP contribution in [0.5, 0.6) is 5.75 Å². The highest BCUT2D eigenvalue weighted by atomic mass is 35.5. The normalized spacial score (nSPS) is 10.7. The van der Waals surface area contributed by atoms with Gasteiger partial charge in [0.1, 0.15) is 18.2 Å². The molecule has 0 aliphatic rings. The highest BCUT2D eigenvalue weighted by Crippen LogP contribution is 2.27. The van der Waals surface area contributed by atoms with Gasteiger partial charge in [-0.05, 0) is 61.5 Å². The molecule has 1 aromatic heterocycles. The Morgan fingerprint density at radius 2 is 1.85 bits per heavy atom. The molecule has 6 heteroatoms. The van der Waals surface area contributed by atoms with Crippen molar-refractivity contribution in [3.8, 4) is 5.75 Å². The molecule has 0 radical (unpaired) electrons. The highest BCUT2D eigenvalue weighted by molar-refractivity contribution is 7.12. The van der Waals surface area contributed by atoms with E-state index in [9.17, 15) is 9.18 Å². The molecule has 0 aliphatic carbocycles. The lowest BCUT2D eigenvalue weighted by atomic mass is 10.1. The first-order valence-corrected chi connectivity index (χ1v) is 9.63. The summed E-state index contributed by atoms with van der Waals surface area (Å²) >= 11 is 7.07. The molecule has 0 saturated carbocycles. The summed E-state index contributed by atoms with van der Waals surface area (Å²) in [4.78, 5) is 12.9. The van der Waals surface area contributed by atoms with E-state index in [0.717, 1.165) is 22.4 Å². The minimum atomic E-state index is -0.521. The van der Waals surface area contributed by atoms with Gasteiger partial charge in [0.05, 0.1) is 9.90 Å². The van der Waals surface area contributed by atoms with Crippen molar-refractivity contribution < 1.29 is 13.9 Å². The Morgan fingerprint density at radius 1 is 1.15 bits per heavy atom. The van der Waals surface area contributed by atoms with Crippen LogP contribution >= 0.6 is 22.9 Å². The van der Waals surface area contributed by atoms with Crippen LogP contribution in [0.1, 0.15) is 31.9 Å². The number of aryl methyl sites for hydroxylation is 3. The fourth-order valence-corrected chi connectivity index (χ4v) is 3.86. The van der Waals surface area contributed by atoms with Gasteiger partial charge in [0.15, 0.2) is 0 Å². The van der Waals surface area contributed by atoms with Gasteiger partial charge >= 0.3 is 0 Å². The van der Waals surface area contributed by atoms with E-state index in [4.69, 9.17) is 16.3 Å². The number of nitrogens with one attached hydrogen (secondary N) is 1. The van der Waals surface area contributed by atoms with Crippen molar-refractivity contribution in [3.63, 3.8) is 0 Å². The van der Waals surface area contributed by atoms with Crippen LogP contribution in [-0.2, 0) is 6.61 Å². The van der Waals surface area contributed by atoms with Crippen LogP contribution in [-0.4, -0.2) is 5.91 Å². The fourth-order valence-electron chi connectivity index (χ4n) is 2.89. The number of halogens is 2. The van der Waals surface area contributed by atoms with E-state index in [-0.39, 0.29) is 10.9 Å². The third-order valence-electron chi connectivity index (χ3n) is 4.04. The molecule has 2 aromatic carbocycles. The van der Waals surface area contributed by atoms with E-state index in [0.29, 0.717) is 17.2 Å². The average molecular weight is 404 g/mol. The molecule has 1 heterocycles. The predicted octanol–water partition coefficient (Wildman–Crippen LogP) is 6.30. The molecule has 3 rings (SSSR count). The monoisotopic (exact) mass is 403 g/mol. The molecule has 0 unspecified atom stereocenters. The lowest BCUT2D eigenvalue weighted by molar-refractivity contribution is 0.103. The molecule has 140 valence electrons. The summed E-state index contributed by atoms with van der Waals surface area (Å²) in [5.74, 6) is 0.0855. The molecule has 0 fully saturated rings. The number of carbonyl (C=O) groups excluding carboxylic acids is 1. The minimum absolute atomic E-state index is 0.0306. The van der Waals surface area contributed by atoms with Crippen LogP contribution < -0.4 is 10.1 Å². The van der Waals surface area contributed by atoms with E-state index in [2.05, 4.69) is 24.4 Å². The van der Waals surface area contributed by atoms with Crippen LogP contribution in [0.25, 0.3) is 0 Å². The third kappa shape index (κ3) is 4.67. The summed E-state index contributed by atoms with van der Waals surface area (Å²) in [6, 6.07) is 10.0. The van der Waals surface area contributed by atoms with Crippen molar-refractivity contribution >= 4 is 34.5 Å². The molecule has 3 aromatic rings. The Bertz CT molecular complexity index is 977. The summed E-state index contributed by atoms with van der Waals surface area (Å²) in [7, 11) is 0. The maximum Gasteiger partial charge on any atom is 0.265 e. The van der Waals surface area contributed by atoms with Gasteiger partial charge in [0, 0.05) is 11.3 Å². The molecule has 3 nitrogen and oxygen atoms in total. The highest BCUT2D eigenvalue weighted by Gasteiger charge is 2.12. The Labute approximate surface area is 166 Å².